The van der Waals surface area contributed by atoms with E-state index in [9.17, 15) is 14.7 Å². The first-order valence-electron chi connectivity index (χ1n) is 10.8. The molecule has 5 nitrogen and oxygen atoms in total. The van der Waals surface area contributed by atoms with Crippen LogP contribution in [0.15, 0.2) is 108 Å². The van der Waals surface area contributed by atoms with Crippen LogP contribution in [0.4, 0.5) is 5.69 Å². The van der Waals surface area contributed by atoms with E-state index in [1.807, 2.05) is 79.7 Å². The zero-order valence-electron chi connectivity index (χ0n) is 18.3. The lowest BCUT2D eigenvalue weighted by molar-refractivity contribution is -0.117. The van der Waals surface area contributed by atoms with E-state index < -0.39 is 17.7 Å². The number of aliphatic hydroxyl groups is 1. The number of hydrogen-bond donors (Lipinski definition) is 1. The van der Waals surface area contributed by atoms with Gasteiger partial charge in [0, 0.05) is 5.69 Å². The Morgan fingerprint density at radius 3 is 2.35 bits per heavy atom. The summed E-state index contributed by atoms with van der Waals surface area (Å²) in [7, 11) is 0. The highest BCUT2D eigenvalue weighted by Gasteiger charge is 2.45. The molecule has 34 heavy (non-hydrogen) atoms. The molecule has 0 spiro atoms. The number of aryl methyl sites for hydroxylation is 1. The molecule has 1 aromatic heterocycles. The van der Waals surface area contributed by atoms with Crippen molar-refractivity contribution in [2.24, 2.45) is 0 Å². The first-order valence-corrected chi connectivity index (χ1v) is 11.7. The molecule has 0 aliphatic carbocycles. The first-order chi connectivity index (χ1) is 16.5. The number of ether oxygens (including phenoxy) is 1. The van der Waals surface area contributed by atoms with Gasteiger partial charge in [0.25, 0.3) is 5.91 Å². The minimum absolute atomic E-state index is 0.0601. The smallest absolute Gasteiger partial charge is 0.294 e. The normalized spacial score (nSPS) is 15.6. The number of hydrogen-bond acceptors (Lipinski definition) is 5. The van der Waals surface area contributed by atoms with Gasteiger partial charge in [-0.25, -0.2) is 0 Å². The van der Waals surface area contributed by atoms with Crippen LogP contribution in [-0.4, -0.2) is 16.8 Å². The molecule has 1 unspecified atom stereocenters. The lowest BCUT2D eigenvalue weighted by Gasteiger charge is -2.27. The molecule has 0 fully saturated rings. The summed E-state index contributed by atoms with van der Waals surface area (Å²) in [5, 5.41) is 12.7. The average Bonchev–Trinajstić information content (AvgIpc) is 3.48. The lowest BCUT2D eigenvalue weighted by Crippen LogP contribution is -2.31. The summed E-state index contributed by atoms with van der Waals surface area (Å²) in [6, 6.07) is 26.7. The van der Waals surface area contributed by atoms with Gasteiger partial charge in [-0.2, -0.15) is 0 Å². The molecule has 3 aromatic carbocycles. The average molecular weight is 468 g/mol. The maximum absolute atomic E-state index is 13.4. The maximum atomic E-state index is 13.4. The third-order valence-corrected chi connectivity index (χ3v) is 6.53. The molecule has 168 valence electrons. The van der Waals surface area contributed by atoms with Crippen LogP contribution in [0.2, 0.25) is 0 Å². The molecule has 5 rings (SSSR count). The fourth-order valence-electron chi connectivity index (χ4n) is 4.04. The summed E-state index contributed by atoms with van der Waals surface area (Å²) in [4.78, 5) is 28.6. The van der Waals surface area contributed by atoms with Crippen LogP contribution in [0.1, 0.15) is 26.8 Å². The van der Waals surface area contributed by atoms with Crippen LogP contribution in [-0.2, 0) is 4.79 Å². The molecule has 1 atom stereocenters. The number of benzene rings is 3. The second-order valence-electron chi connectivity index (χ2n) is 7.97. The van der Waals surface area contributed by atoms with Crippen LogP contribution in [0.25, 0.3) is 0 Å². The number of ketones is 1. The van der Waals surface area contributed by atoms with E-state index in [0.717, 1.165) is 5.56 Å². The Balaban J connectivity index is 1.61. The summed E-state index contributed by atoms with van der Waals surface area (Å²) >= 11 is 1.27. The van der Waals surface area contributed by atoms with Crippen molar-refractivity contribution in [3.63, 3.8) is 0 Å². The molecular formula is C28H21NO4S. The number of Topliss-reactive ketones (excluding diaryl/α,β-unsaturated/α-hetero) is 1. The number of anilines is 1. The molecule has 0 radical (unpaired) electrons. The van der Waals surface area contributed by atoms with E-state index in [-0.39, 0.29) is 11.4 Å². The second kappa shape index (κ2) is 9.00. The molecule has 0 bridgehead atoms. The second-order valence-corrected chi connectivity index (χ2v) is 8.92. The van der Waals surface area contributed by atoms with Gasteiger partial charge in [0.05, 0.1) is 16.5 Å². The number of carbonyl (C=O) groups excluding carboxylic acids is 2. The number of rotatable bonds is 6. The molecule has 1 amide bonds. The number of para-hydroxylation sites is 1. The minimum Gasteiger partial charge on any atom is -0.503 e. The largest absolute Gasteiger partial charge is 0.503 e. The maximum Gasteiger partial charge on any atom is 0.294 e. The molecule has 4 aromatic rings. The zero-order chi connectivity index (χ0) is 23.7. The van der Waals surface area contributed by atoms with Gasteiger partial charge in [0.1, 0.15) is 11.5 Å². The van der Waals surface area contributed by atoms with Gasteiger partial charge in [0.2, 0.25) is 5.78 Å². The Morgan fingerprint density at radius 1 is 0.912 bits per heavy atom. The predicted molar refractivity (Wildman–Crippen MR) is 133 cm³/mol. The summed E-state index contributed by atoms with van der Waals surface area (Å²) in [6.45, 7) is 1.96. The lowest BCUT2D eigenvalue weighted by atomic mass is 9.95. The van der Waals surface area contributed by atoms with E-state index >= 15 is 0 Å². The van der Waals surface area contributed by atoms with Gasteiger partial charge in [-0.3, -0.25) is 14.5 Å². The van der Waals surface area contributed by atoms with Gasteiger partial charge in [-0.15, -0.1) is 11.3 Å². The number of aliphatic hydroxyl groups excluding tert-OH is 1. The number of thiophene rings is 1. The Labute approximate surface area is 201 Å². The highest BCUT2D eigenvalue weighted by Crippen LogP contribution is 2.43. The Kier molecular flexibility index (Phi) is 5.74. The Morgan fingerprint density at radius 2 is 1.65 bits per heavy atom. The van der Waals surface area contributed by atoms with E-state index in [1.54, 1.807) is 23.6 Å². The Bertz CT molecular complexity index is 1380. The number of nitrogens with zero attached hydrogens (tertiary/aromatic N) is 1. The molecule has 0 saturated carbocycles. The van der Waals surface area contributed by atoms with Crippen molar-refractivity contribution in [1.82, 2.24) is 0 Å². The third kappa shape index (κ3) is 4.00. The van der Waals surface area contributed by atoms with E-state index in [1.165, 1.54) is 16.2 Å². The van der Waals surface area contributed by atoms with Gasteiger partial charge < -0.3 is 9.84 Å². The molecule has 2 heterocycles. The van der Waals surface area contributed by atoms with E-state index in [0.29, 0.717) is 27.6 Å². The molecule has 1 aliphatic heterocycles. The van der Waals surface area contributed by atoms with Crippen LogP contribution < -0.4 is 9.64 Å². The van der Waals surface area contributed by atoms with E-state index in [4.69, 9.17) is 4.74 Å². The standard InChI is InChI=1S/C28H21NO4S/c1-18-12-14-20(15-13-18)29-25(24(27(31)28(29)32)26(30)23-11-6-16-34-23)19-7-5-10-22(17-19)33-21-8-3-2-4-9-21/h2-17,25,31H,1H3. The van der Waals surface area contributed by atoms with Gasteiger partial charge in [-0.05, 0) is 60.3 Å². The highest BCUT2D eigenvalue weighted by atomic mass is 32.1. The van der Waals surface area contributed by atoms with Crippen molar-refractivity contribution >= 4 is 28.7 Å². The van der Waals surface area contributed by atoms with Crippen molar-refractivity contribution in [2.45, 2.75) is 13.0 Å². The van der Waals surface area contributed by atoms with Crippen molar-refractivity contribution in [3.05, 3.63) is 124 Å². The summed E-state index contributed by atoms with van der Waals surface area (Å²) in [6.07, 6.45) is 0. The summed E-state index contributed by atoms with van der Waals surface area (Å²) in [5.74, 6) is -0.267. The summed E-state index contributed by atoms with van der Waals surface area (Å²) < 4.78 is 5.99. The van der Waals surface area contributed by atoms with Crippen LogP contribution in [0, 0.1) is 6.92 Å². The third-order valence-electron chi connectivity index (χ3n) is 5.66. The van der Waals surface area contributed by atoms with Crippen LogP contribution >= 0.6 is 11.3 Å². The topological polar surface area (TPSA) is 66.8 Å². The SMILES string of the molecule is Cc1ccc(N2C(=O)C(O)=C(C(=O)c3cccs3)C2c2cccc(Oc3ccccc3)c2)cc1. The van der Waals surface area contributed by atoms with Crippen LogP contribution in [0.5, 0.6) is 11.5 Å². The molecule has 1 N–H and O–H groups in total. The van der Waals surface area contributed by atoms with Crippen molar-refractivity contribution in [1.29, 1.82) is 0 Å². The number of amides is 1. The molecular weight excluding hydrogens is 446 g/mol. The summed E-state index contributed by atoms with van der Waals surface area (Å²) in [5.41, 5.74) is 2.35. The highest BCUT2D eigenvalue weighted by molar-refractivity contribution is 7.12. The molecule has 0 saturated heterocycles. The number of carbonyl (C=O) groups is 2. The monoisotopic (exact) mass is 467 g/mol. The van der Waals surface area contributed by atoms with E-state index in [2.05, 4.69) is 0 Å². The van der Waals surface area contributed by atoms with Gasteiger partial charge in [0.15, 0.2) is 5.76 Å². The molecule has 1 aliphatic rings. The van der Waals surface area contributed by atoms with Crippen LogP contribution in [0.3, 0.4) is 0 Å². The Hall–Kier alpha value is -4.16. The minimum atomic E-state index is -0.802. The fourth-order valence-corrected chi connectivity index (χ4v) is 4.72. The predicted octanol–water partition coefficient (Wildman–Crippen LogP) is 6.63. The van der Waals surface area contributed by atoms with Crippen molar-refractivity contribution in [3.8, 4) is 11.5 Å². The molecule has 6 heteroatoms. The van der Waals surface area contributed by atoms with Crippen molar-refractivity contribution in [2.75, 3.05) is 4.90 Å². The zero-order valence-corrected chi connectivity index (χ0v) is 19.2. The van der Waals surface area contributed by atoms with Gasteiger partial charge >= 0.3 is 0 Å². The van der Waals surface area contributed by atoms with Gasteiger partial charge in [-0.1, -0.05) is 54.1 Å². The fraction of sp³-hybridized carbons (Fsp3) is 0.0714. The quantitative estimate of drug-likeness (QED) is 0.323. The first kappa shape index (κ1) is 21.7. The van der Waals surface area contributed by atoms with Crippen molar-refractivity contribution < 1.29 is 19.4 Å².